The van der Waals surface area contributed by atoms with Gasteiger partial charge in [-0.05, 0) is 13.3 Å². The topological polar surface area (TPSA) is 20.3 Å². The maximum absolute atomic E-state index is 11.6. The lowest BCUT2D eigenvalue weighted by Crippen LogP contribution is -2.32. The first-order chi connectivity index (χ1) is 6.17. The molecule has 0 aliphatic carbocycles. The van der Waals surface area contributed by atoms with Crippen LogP contribution in [0.5, 0.6) is 0 Å². The van der Waals surface area contributed by atoms with Gasteiger partial charge in [-0.15, -0.1) is 0 Å². The van der Waals surface area contributed by atoms with Crippen molar-refractivity contribution in [3.8, 4) is 0 Å². The Morgan fingerprint density at radius 1 is 1.46 bits per heavy atom. The van der Waals surface area contributed by atoms with Crippen molar-refractivity contribution < 1.29 is 4.79 Å². The van der Waals surface area contributed by atoms with Gasteiger partial charge in [0.1, 0.15) is 0 Å². The first-order valence-corrected chi connectivity index (χ1v) is 4.77. The van der Waals surface area contributed by atoms with Crippen molar-refractivity contribution in [2.24, 2.45) is 0 Å². The van der Waals surface area contributed by atoms with Gasteiger partial charge in [-0.25, -0.2) is 0 Å². The summed E-state index contributed by atoms with van der Waals surface area (Å²) >= 11 is 0. The molecule has 0 aromatic carbocycles. The van der Waals surface area contributed by atoms with Gasteiger partial charge in [0.25, 0.3) is 5.91 Å². The number of carbonyl (C=O) groups excluding carboxylic acids is 1. The molecule has 0 N–H and O–H groups in total. The lowest BCUT2D eigenvalue weighted by molar-refractivity contribution is -0.126. The van der Waals surface area contributed by atoms with Crippen LogP contribution in [0, 0.1) is 0 Å². The summed E-state index contributed by atoms with van der Waals surface area (Å²) in [6.45, 7) is 12.8. The molecular weight excluding hydrogens is 162 g/mol. The Labute approximate surface area is 80.9 Å². The molecule has 0 radical (unpaired) electrons. The van der Waals surface area contributed by atoms with Gasteiger partial charge in [-0.1, -0.05) is 32.6 Å². The van der Waals surface area contributed by atoms with Crippen LogP contribution in [0.25, 0.3) is 0 Å². The lowest BCUT2D eigenvalue weighted by atomic mass is 10.2. The molecule has 0 aromatic heterocycles. The smallest absolute Gasteiger partial charge is 0.253 e. The second-order valence-corrected chi connectivity index (χ2v) is 2.97. The zero-order chi connectivity index (χ0) is 10.3. The molecule has 0 aliphatic rings. The third kappa shape index (κ3) is 3.92. The summed E-state index contributed by atoms with van der Waals surface area (Å²) in [5.41, 5.74) is 0.484. The molecule has 0 atom stereocenters. The van der Waals surface area contributed by atoms with Gasteiger partial charge in [-0.3, -0.25) is 4.79 Å². The minimum Gasteiger partial charge on any atom is -0.339 e. The fraction of sp³-hybridized carbons (Fsp3) is 0.545. The second-order valence-electron chi connectivity index (χ2n) is 2.97. The largest absolute Gasteiger partial charge is 0.339 e. The number of unbranched alkanes of at least 4 members (excludes halogenated alkanes) is 1. The van der Waals surface area contributed by atoms with Gasteiger partial charge >= 0.3 is 0 Å². The minimum atomic E-state index is 0.00551. The summed E-state index contributed by atoms with van der Waals surface area (Å²) in [5.74, 6) is 0.00551. The number of carbonyl (C=O) groups is 1. The maximum Gasteiger partial charge on any atom is 0.253 e. The quantitative estimate of drug-likeness (QED) is 0.455. The van der Waals surface area contributed by atoms with E-state index in [4.69, 9.17) is 0 Å². The minimum absolute atomic E-state index is 0.00551. The molecule has 0 fully saturated rings. The molecule has 0 unspecified atom stereocenters. The molecule has 74 valence electrons. The van der Waals surface area contributed by atoms with E-state index in [-0.39, 0.29) is 5.91 Å². The fourth-order valence-corrected chi connectivity index (χ4v) is 1.04. The van der Waals surface area contributed by atoms with Gasteiger partial charge in [0, 0.05) is 18.7 Å². The van der Waals surface area contributed by atoms with Crippen LogP contribution in [0.3, 0.4) is 0 Å². The molecule has 2 heteroatoms. The number of rotatable bonds is 6. The van der Waals surface area contributed by atoms with Crippen molar-refractivity contribution in [2.75, 3.05) is 13.1 Å². The third-order valence-corrected chi connectivity index (χ3v) is 1.97. The van der Waals surface area contributed by atoms with Crippen LogP contribution >= 0.6 is 0 Å². The molecule has 1 amide bonds. The number of hydrogen-bond acceptors (Lipinski definition) is 1. The van der Waals surface area contributed by atoms with E-state index in [1.165, 1.54) is 6.08 Å². The van der Waals surface area contributed by atoms with Gasteiger partial charge < -0.3 is 4.90 Å². The zero-order valence-corrected chi connectivity index (χ0v) is 8.68. The molecular formula is C11H19NO. The van der Waals surface area contributed by atoms with Gasteiger partial charge in [0.05, 0.1) is 0 Å². The molecule has 0 aliphatic heterocycles. The zero-order valence-electron chi connectivity index (χ0n) is 8.68. The number of amides is 1. The van der Waals surface area contributed by atoms with E-state index >= 15 is 0 Å². The van der Waals surface area contributed by atoms with Crippen molar-refractivity contribution in [3.05, 3.63) is 24.8 Å². The second kappa shape index (κ2) is 6.46. The SMILES string of the molecule is C=CC(=C)C(=O)N(CC)CCCC. The van der Waals surface area contributed by atoms with Gasteiger partial charge in [0.2, 0.25) is 0 Å². The Hall–Kier alpha value is -1.05. The summed E-state index contributed by atoms with van der Waals surface area (Å²) in [6.07, 6.45) is 3.66. The van der Waals surface area contributed by atoms with E-state index in [9.17, 15) is 4.79 Å². The van der Waals surface area contributed by atoms with Gasteiger partial charge in [-0.2, -0.15) is 0 Å². The molecule has 0 spiro atoms. The Balaban J connectivity index is 4.14. The van der Waals surface area contributed by atoms with Crippen LogP contribution in [0.1, 0.15) is 26.7 Å². The van der Waals surface area contributed by atoms with Crippen molar-refractivity contribution in [2.45, 2.75) is 26.7 Å². The Kier molecular flexibility index (Phi) is 5.94. The van der Waals surface area contributed by atoms with Crippen LogP contribution in [0.15, 0.2) is 24.8 Å². The summed E-state index contributed by atoms with van der Waals surface area (Å²) < 4.78 is 0. The monoisotopic (exact) mass is 181 g/mol. The molecule has 0 saturated heterocycles. The van der Waals surface area contributed by atoms with E-state index < -0.39 is 0 Å². The number of likely N-dealkylation sites (N-methyl/N-ethyl adjacent to an activating group) is 1. The normalized spacial score (nSPS) is 9.38. The van der Waals surface area contributed by atoms with Crippen LogP contribution < -0.4 is 0 Å². The molecule has 0 aromatic rings. The predicted molar refractivity (Wildman–Crippen MR) is 56.5 cm³/mol. The average molecular weight is 181 g/mol. The van der Waals surface area contributed by atoms with Crippen molar-refractivity contribution in [3.63, 3.8) is 0 Å². The molecule has 0 heterocycles. The van der Waals surface area contributed by atoms with Gasteiger partial charge in [0.15, 0.2) is 0 Å². The molecule has 13 heavy (non-hydrogen) atoms. The highest BCUT2D eigenvalue weighted by molar-refractivity contribution is 5.95. The fourth-order valence-electron chi connectivity index (χ4n) is 1.04. The van der Waals surface area contributed by atoms with Crippen LogP contribution in [-0.2, 0) is 4.79 Å². The first kappa shape index (κ1) is 11.9. The van der Waals surface area contributed by atoms with E-state index in [0.29, 0.717) is 5.57 Å². The van der Waals surface area contributed by atoms with E-state index in [1.54, 1.807) is 4.90 Å². The van der Waals surface area contributed by atoms with E-state index in [1.807, 2.05) is 6.92 Å². The standard InChI is InChI=1S/C11H19NO/c1-5-8-9-12(7-3)11(13)10(4)6-2/h6H,2,4-5,7-9H2,1,3H3. The van der Waals surface area contributed by atoms with E-state index in [0.717, 1.165) is 25.9 Å². The van der Waals surface area contributed by atoms with Crippen molar-refractivity contribution >= 4 is 5.91 Å². The summed E-state index contributed by atoms with van der Waals surface area (Å²) in [6, 6.07) is 0. The Morgan fingerprint density at radius 3 is 2.46 bits per heavy atom. The molecule has 0 saturated carbocycles. The highest BCUT2D eigenvalue weighted by Gasteiger charge is 2.11. The Bertz CT molecular complexity index is 196. The average Bonchev–Trinajstić information content (AvgIpc) is 2.17. The molecule has 0 rings (SSSR count). The first-order valence-electron chi connectivity index (χ1n) is 4.77. The maximum atomic E-state index is 11.6. The van der Waals surface area contributed by atoms with Crippen molar-refractivity contribution in [1.29, 1.82) is 0 Å². The number of hydrogen-bond donors (Lipinski definition) is 0. The summed E-state index contributed by atoms with van der Waals surface area (Å²) in [7, 11) is 0. The van der Waals surface area contributed by atoms with Crippen molar-refractivity contribution in [1.82, 2.24) is 4.90 Å². The highest BCUT2D eigenvalue weighted by Crippen LogP contribution is 2.02. The highest BCUT2D eigenvalue weighted by atomic mass is 16.2. The predicted octanol–water partition coefficient (Wildman–Crippen LogP) is 2.38. The van der Waals surface area contributed by atoms with Crippen LogP contribution in [-0.4, -0.2) is 23.9 Å². The summed E-state index contributed by atoms with van der Waals surface area (Å²) in [4.78, 5) is 13.4. The number of nitrogens with zero attached hydrogens (tertiary/aromatic N) is 1. The van der Waals surface area contributed by atoms with Crippen LogP contribution in [0.4, 0.5) is 0 Å². The third-order valence-electron chi connectivity index (χ3n) is 1.97. The lowest BCUT2D eigenvalue weighted by Gasteiger charge is -2.20. The van der Waals surface area contributed by atoms with Crippen LogP contribution in [0.2, 0.25) is 0 Å². The molecule has 2 nitrogen and oxygen atoms in total. The Morgan fingerprint density at radius 2 is 2.08 bits per heavy atom. The van der Waals surface area contributed by atoms with E-state index in [2.05, 4.69) is 20.1 Å². The summed E-state index contributed by atoms with van der Waals surface area (Å²) in [5, 5.41) is 0. The molecule has 0 bridgehead atoms.